The van der Waals surface area contributed by atoms with E-state index in [0.29, 0.717) is 24.3 Å². The molecule has 1 atom stereocenters. The maximum atomic E-state index is 12.5. The van der Waals surface area contributed by atoms with Gasteiger partial charge in [-0.1, -0.05) is 24.3 Å². The largest absolute Gasteiger partial charge is 0.394 e. The molecule has 1 aliphatic rings. The van der Waals surface area contributed by atoms with Gasteiger partial charge in [0.15, 0.2) is 0 Å². The number of carbonyl (C=O) groups excluding carboxylic acids is 1. The van der Waals surface area contributed by atoms with E-state index in [0.717, 1.165) is 22.4 Å². The average Bonchev–Trinajstić information content (AvgIpc) is 2.61. The van der Waals surface area contributed by atoms with Crippen molar-refractivity contribution in [2.75, 3.05) is 11.9 Å². The van der Waals surface area contributed by atoms with E-state index in [1.807, 2.05) is 50.3 Å². The van der Waals surface area contributed by atoms with Crippen molar-refractivity contribution in [2.45, 2.75) is 33.0 Å². The molecule has 0 saturated heterocycles. The molecule has 0 saturated carbocycles. The van der Waals surface area contributed by atoms with Crippen molar-refractivity contribution in [3.63, 3.8) is 0 Å². The number of nitrogens with zero attached hydrogens (tertiary/aromatic N) is 1. The van der Waals surface area contributed by atoms with E-state index in [4.69, 9.17) is 4.74 Å². The molecule has 1 amide bonds. The number of fused-ring (bicyclic) bond motifs is 1. The molecule has 2 aromatic rings. The topological polar surface area (TPSA) is 71.5 Å². The van der Waals surface area contributed by atoms with E-state index in [2.05, 4.69) is 10.3 Å². The van der Waals surface area contributed by atoms with Gasteiger partial charge in [0, 0.05) is 23.2 Å². The third-order valence-corrected chi connectivity index (χ3v) is 4.27. The van der Waals surface area contributed by atoms with E-state index in [9.17, 15) is 9.90 Å². The first-order valence-corrected chi connectivity index (χ1v) is 8.35. The molecule has 5 heteroatoms. The minimum absolute atomic E-state index is 0.0118. The molecule has 5 nitrogen and oxygen atoms in total. The van der Waals surface area contributed by atoms with Gasteiger partial charge in [-0.15, -0.1) is 0 Å². The summed E-state index contributed by atoms with van der Waals surface area (Å²) in [4.78, 5) is 17.0. The molecule has 2 N–H and O–H groups in total. The molecule has 130 valence electrons. The van der Waals surface area contributed by atoms with Gasteiger partial charge in [-0.25, -0.2) is 0 Å². The highest BCUT2D eigenvalue weighted by Gasteiger charge is 2.20. The second-order valence-corrected chi connectivity index (χ2v) is 6.18. The monoisotopic (exact) mass is 338 g/mol. The molecular weight excluding hydrogens is 316 g/mol. The molecule has 1 aliphatic heterocycles. The van der Waals surface area contributed by atoms with Crippen LogP contribution >= 0.6 is 0 Å². The standard InChI is InChI=1S/C20H22N2O3/c1-3-4-14-5-6-18(13(2)7-14)20(24)22-16-8-15-12-25-17(11-23)9-19(15)21-10-16/h3-8,10,17,23H,9,11-12H2,1-2H3,(H,22,24)/b4-3+. The number of hydrogen-bond donors (Lipinski definition) is 2. The summed E-state index contributed by atoms with van der Waals surface area (Å²) in [5.41, 5.74) is 5.14. The predicted octanol–water partition coefficient (Wildman–Crippen LogP) is 3.11. The summed E-state index contributed by atoms with van der Waals surface area (Å²) in [5, 5.41) is 12.1. The summed E-state index contributed by atoms with van der Waals surface area (Å²) in [7, 11) is 0. The van der Waals surface area contributed by atoms with Crippen LogP contribution in [0.25, 0.3) is 6.08 Å². The minimum Gasteiger partial charge on any atom is -0.394 e. The number of aliphatic hydroxyl groups excluding tert-OH is 1. The van der Waals surface area contributed by atoms with E-state index in [1.54, 1.807) is 6.20 Å². The number of nitrogens with one attached hydrogen (secondary N) is 1. The van der Waals surface area contributed by atoms with E-state index >= 15 is 0 Å². The second kappa shape index (κ2) is 7.59. The molecule has 2 heterocycles. The molecule has 0 radical (unpaired) electrons. The number of hydrogen-bond acceptors (Lipinski definition) is 4. The third kappa shape index (κ3) is 3.95. The summed E-state index contributed by atoms with van der Waals surface area (Å²) in [6, 6.07) is 7.64. The number of carbonyl (C=O) groups is 1. The van der Waals surface area contributed by atoms with Gasteiger partial charge in [0.2, 0.25) is 0 Å². The average molecular weight is 338 g/mol. The van der Waals surface area contributed by atoms with E-state index < -0.39 is 0 Å². The number of ether oxygens (including phenoxy) is 1. The number of allylic oxidation sites excluding steroid dienone is 1. The van der Waals surface area contributed by atoms with Crippen LogP contribution in [0.4, 0.5) is 5.69 Å². The van der Waals surface area contributed by atoms with Gasteiger partial charge < -0.3 is 15.2 Å². The van der Waals surface area contributed by atoms with Crippen molar-refractivity contribution in [3.05, 3.63) is 64.5 Å². The number of pyridine rings is 1. The fourth-order valence-corrected chi connectivity index (χ4v) is 2.95. The lowest BCUT2D eigenvalue weighted by Crippen LogP contribution is -2.26. The molecule has 0 bridgehead atoms. The van der Waals surface area contributed by atoms with Crippen LogP contribution in [0.3, 0.4) is 0 Å². The van der Waals surface area contributed by atoms with Gasteiger partial charge >= 0.3 is 0 Å². The van der Waals surface area contributed by atoms with Crippen molar-refractivity contribution in [1.29, 1.82) is 0 Å². The Morgan fingerprint density at radius 3 is 3.00 bits per heavy atom. The van der Waals surface area contributed by atoms with Crippen molar-refractivity contribution >= 4 is 17.7 Å². The lowest BCUT2D eigenvalue weighted by atomic mass is 10.0. The maximum absolute atomic E-state index is 12.5. The Labute approximate surface area is 147 Å². The zero-order chi connectivity index (χ0) is 17.8. The van der Waals surface area contributed by atoms with Crippen LogP contribution in [0.15, 0.2) is 36.5 Å². The lowest BCUT2D eigenvalue weighted by molar-refractivity contribution is -0.00811. The molecule has 1 aromatic heterocycles. The van der Waals surface area contributed by atoms with Crippen LogP contribution in [0.1, 0.15) is 39.7 Å². The van der Waals surface area contributed by atoms with Crippen LogP contribution in [0, 0.1) is 6.92 Å². The first kappa shape index (κ1) is 17.3. The Hall–Kier alpha value is -2.50. The SMILES string of the molecule is C/C=C/c1ccc(C(=O)Nc2cnc3c(c2)COC(CO)C3)c(C)c1. The quantitative estimate of drug-likeness (QED) is 0.898. The molecule has 0 aliphatic carbocycles. The van der Waals surface area contributed by atoms with Gasteiger partial charge in [-0.3, -0.25) is 9.78 Å². The Balaban J connectivity index is 1.75. The summed E-state index contributed by atoms with van der Waals surface area (Å²) < 4.78 is 5.54. The van der Waals surface area contributed by atoms with Crippen LogP contribution in [0.5, 0.6) is 0 Å². The molecule has 0 fully saturated rings. The number of aromatic nitrogens is 1. The van der Waals surface area contributed by atoms with Crippen molar-refractivity contribution in [1.82, 2.24) is 4.98 Å². The number of anilines is 1. The van der Waals surface area contributed by atoms with Crippen molar-refractivity contribution in [3.8, 4) is 0 Å². The Kier molecular flexibility index (Phi) is 5.26. The van der Waals surface area contributed by atoms with Crippen LogP contribution in [-0.4, -0.2) is 28.7 Å². The van der Waals surface area contributed by atoms with Crippen LogP contribution in [0.2, 0.25) is 0 Å². The highest BCUT2D eigenvalue weighted by Crippen LogP contribution is 2.22. The Morgan fingerprint density at radius 2 is 2.28 bits per heavy atom. The van der Waals surface area contributed by atoms with E-state index in [-0.39, 0.29) is 18.6 Å². The zero-order valence-corrected chi connectivity index (χ0v) is 14.5. The summed E-state index contributed by atoms with van der Waals surface area (Å²) >= 11 is 0. The van der Waals surface area contributed by atoms with Gasteiger partial charge in [-0.05, 0) is 37.1 Å². The van der Waals surface area contributed by atoms with Gasteiger partial charge in [0.25, 0.3) is 5.91 Å². The van der Waals surface area contributed by atoms with Crippen LogP contribution < -0.4 is 5.32 Å². The number of aryl methyl sites for hydroxylation is 1. The van der Waals surface area contributed by atoms with Crippen LogP contribution in [-0.2, 0) is 17.8 Å². The normalized spacial score (nSPS) is 16.7. The molecule has 3 rings (SSSR count). The number of benzene rings is 1. The number of amides is 1. The van der Waals surface area contributed by atoms with Crippen molar-refractivity contribution in [2.24, 2.45) is 0 Å². The fourth-order valence-electron chi connectivity index (χ4n) is 2.95. The smallest absolute Gasteiger partial charge is 0.255 e. The summed E-state index contributed by atoms with van der Waals surface area (Å²) in [5.74, 6) is -0.156. The number of rotatable bonds is 4. The van der Waals surface area contributed by atoms with E-state index in [1.165, 1.54) is 0 Å². The molecule has 0 spiro atoms. The first-order chi connectivity index (χ1) is 12.1. The highest BCUT2D eigenvalue weighted by molar-refractivity contribution is 6.05. The zero-order valence-electron chi connectivity index (χ0n) is 14.5. The van der Waals surface area contributed by atoms with Gasteiger partial charge in [0.05, 0.1) is 31.2 Å². The minimum atomic E-state index is -0.196. The Morgan fingerprint density at radius 1 is 1.44 bits per heavy atom. The van der Waals surface area contributed by atoms with Crippen molar-refractivity contribution < 1.29 is 14.6 Å². The molecule has 25 heavy (non-hydrogen) atoms. The summed E-state index contributed by atoms with van der Waals surface area (Å²) in [6.07, 6.45) is 6.02. The fraction of sp³-hybridized carbons (Fsp3) is 0.300. The first-order valence-electron chi connectivity index (χ1n) is 8.35. The Bertz CT molecular complexity index is 815. The second-order valence-electron chi connectivity index (χ2n) is 6.18. The van der Waals surface area contributed by atoms with Gasteiger partial charge in [0.1, 0.15) is 0 Å². The predicted molar refractivity (Wildman–Crippen MR) is 97.4 cm³/mol. The lowest BCUT2D eigenvalue weighted by Gasteiger charge is -2.23. The molecule has 1 aromatic carbocycles. The van der Waals surface area contributed by atoms with Gasteiger partial charge in [-0.2, -0.15) is 0 Å². The number of aliphatic hydroxyl groups is 1. The third-order valence-electron chi connectivity index (χ3n) is 4.27. The highest BCUT2D eigenvalue weighted by atomic mass is 16.5. The molecule has 1 unspecified atom stereocenters. The summed E-state index contributed by atoms with van der Waals surface area (Å²) in [6.45, 7) is 4.28. The molecular formula is C20H22N2O3. The maximum Gasteiger partial charge on any atom is 0.255 e.